The first-order valence-corrected chi connectivity index (χ1v) is 12.3. The first-order valence-electron chi connectivity index (χ1n) is 11.5. The largest absolute Gasteiger partial charge is 0.422 e. The number of thiazole rings is 1. The van der Waals surface area contributed by atoms with E-state index in [4.69, 9.17) is 9.40 Å². The van der Waals surface area contributed by atoms with Gasteiger partial charge in [0.1, 0.15) is 10.6 Å². The molecule has 0 radical (unpaired) electrons. The zero-order valence-corrected chi connectivity index (χ0v) is 20.1. The Kier molecular flexibility index (Phi) is 5.43. The summed E-state index contributed by atoms with van der Waals surface area (Å²) in [6.07, 6.45) is 0. The van der Waals surface area contributed by atoms with Crippen LogP contribution in [0, 0.1) is 6.92 Å². The van der Waals surface area contributed by atoms with Crippen molar-refractivity contribution in [3.63, 3.8) is 0 Å². The third-order valence-electron chi connectivity index (χ3n) is 6.03. The minimum Gasteiger partial charge on any atom is -0.422 e. The Labute approximate surface area is 210 Å². The summed E-state index contributed by atoms with van der Waals surface area (Å²) < 4.78 is 6.59. The lowest BCUT2D eigenvalue weighted by Gasteiger charge is -2.07. The molecular weight excluding hydrogens is 468 g/mol. The number of aryl methyl sites for hydroxylation is 1. The van der Waals surface area contributed by atoms with Crippen molar-refractivity contribution in [1.29, 1.82) is 0 Å². The molecule has 174 valence electrons. The number of amides is 1. The molecule has 2 heterocycles. The number of hydrogen-bond acceptors (Lipinski definition) is 5. The summed E-state index contributed by atoms with van der Waals surface area (Å²) in [4.78, 5) is 30.0. The Balaban J connectivity index is 1.19. The van der Waals surface area contributed by atoms with E-state index in [0.717, 1.165) is 26.2 Å². The topological polar surface area (TPSA) is 72.2 Å². The van der Waals surface area contributed by atoms with Crippen LogP contribution < -0.4 is 10.9 Å². The third-order valence-corrected chi connectivity index (χ3v) is 7.10. The van der Waals surface area contributed by atoms with E-state index >= 15 is 0 Å². The summed E-state index contributed by atoms with van der Waals surface area (Å²) in [7, 11) is 0. The molecular formula is C30H20N2O3S. The lowest BCUT2D eigenvalue weighted by molar-refractivity contribution is 0.102. The minimum atomic E-state index is -0.408. The van der Waals surface area contributed by atoms with Gasteiger partial charge >= 0.3 is 5.63 Å². The van der Waals surface area contributed by atoms with E-state index in [1.54, 1.807) is 41.7 Å². The number of carbonyl (C=O) groups excluding carboxylic acids is 1. The highest BCUT2D eigenvalue weighted by atomic mass is 32.1. The average molecular weight is 489 g/mol. The van der Waals surface area contributed by atoms with Crippen LogP contribution >= 0.6 is 11.3 Å². The predicted octanol–water partition coefficient (Wildman–Crippen LogP) is 7.30. The van der Waals surface area contributed by atoms with Crippen LogP contribution in [0.4, 0.5) is 5.69 Å². The van der Waals surface area contributed by atoms with Crippen LogP contribution in [0.5, 0.6) is 0 Å². The van der Waals surface area contributed by atoms with Gasteiger partial charge in [-0.2, -0.15) is 0 Å². The number of nitrogens with zero attached hydrogens (tertiary/aromatic N) is 1. The van der Waals surface area contributed by atoms with Gasteiger partial charge < -0.3 is 9.73 Å². The van der Waals surface area contributed by atoms with Crippen LogP contribution in [-0.2, 0) is 0 Å². The van der Waals surface area contributed by atoms with E-state index in [1.807, 2.05) is 54.6 Å². The maximum absolute atomic E-state index is 12.8. The molecule has 0 bridgehead atoms. The molecule has 2 aromatic heterocycles. The first-order chi connectivity index (χ1) is 17.5. The average Bonchev–Trinajstić information content (AvgIpc) is 3.32. The molecule has 0 aliphatic rings. The van der Waals surface area contributed by atoms with Crippen molar-refractivity contribution < 1.29 is 9.21 Å². The Hall–Kier alpha value is -4.55. The molecule has 0 atom stereocenters. The number of benzene rings is 4. The second-order valence-corrected chi connectivity index (χ2v) is 9.62. The van der Waals surface area contributed by atoms with E-state index in [1.165, 1.54) is 5.56 Å². The van der Waals surface area contributed by atoms with Gasteiger partial charge in [0.25, 0.3) is 5.91 Å². The van der Waals surface area contributed by atoms with Gasteiger partial charge in [-0.25, -0.2) is 9.78 Å². The van der Waals surface area contributed by atoms with E-state index in [9.17, 15) is 9.59 Å². The van der Waals surface area contributed by atoms with Gasteiger partial charge in [0.2, 0.25) is 0 Å². The molecule has 36 heavy (non-hydrogen) atoms. The number of nitrogens with one attached hydrogen (secondary N) is 1. The van der Waals surface area contributed by atoms with Crippen molar-refractivity contribution in [1.82, 2.24) is 4.98 Å². The molecule has 6 aromatic rings. The van der Waals surface area contributed by atoms with E-state index in [0.29, 0.717) is 28.0 Å². The Morgan fingerprint density at radius 1 is 0.861 bits per heavy atom. The molecule has 0 saturated carbocycles. The molecule has 1 amide bonds. The predicted molar refractivity (Wildman–Crippen MR) is 146 cm³/mol. The number of para-hydroxylation sites is 1. The first kappa shape index (κ1) is 21.9. The normalized spacial score (nSPS) is 11.1. The molecule has 0 unspecified atom stereocenters. The van der Waals surface area contributed by atoms with Gasteiger partial charge in [-0.15, -0.1) is 11.3 Å². The van der Waals surface area contributed by atoms with Crippen molar-refractivity contribution >= 4 is 44.1 Å². The van der Waals surface area contributed by atoms with Crippen LogP contribution in [0.1, 0.15) is 15.9 Å². The molecule has 5 nitrogen and oxygen atoms in total. The van der Waals surface area contributed by atoms with Crippen LogP contribution in [0.25, 0.3) is 42.9 Å². The number of hydrogen-bond donors (Lipinski definition) is 1. The van der Waals surface area contributed by atoms with Crippen LogP contribution in [-0.4, -0.2) is 10.9 Å². The second kappa shape index (κ2) is 8.91. The molecule has 6 rings (SSSR count). The molecule has 6 heteroatoms. The van der Waals surface area contributed by atoms with Crippen molar-refractivity contribution in [3.8, 4) is 21.7 Å². The fourth-order valence-electron chi connectivity index (χ4n) is 4.12. The highest BCUT2D eigenvalue weighted by Crippen LogP contribution is 2.31. The third kappa shape index (κ3) is 4.19. The lowest BCUT2D eigenvalue weighted by Crippen LogP contribution is -2.11. The van der Waals surface area contributed by atoms with Crippen LogP contribution in [0.3, 0.4) is 0 Å². The highest BCUT2D eigenvalue weighted by Gasteiger charge is 2.11. The number of anilines is 1. The zero-order valence-electron chi connectivity index (χ0n) is 19.3. The number of aromatic nitrogens is 1. The summed E-state index contributed by atoms with van der Waals surface area (Å²) in [6, 6.07) is 30.0. The Morgan fingerprint density at radius 2 is 1.61 bits per heavy atom. The lowest BCUT2D eigenvalue weighted by atomic mass is 10.0. The minimum absolute atomic E-state index is 0.227. The van der Waals surface area contributed by atoms with Gasteiger partial charge in [0, 0.05) is 22.2 Å². The summed E-state index contributed by atoms with van der Waals surface area (Å²) in [5.41, 5.74) is 5.69. The smallest absolute Gasteiger partial charge is 0.344 e. The van der Waals surface area contributed by atoms with Crippen LogP contribution in [0.2, 0.25) is 0 Å². The molecule has 1 N–H and O–H groups in total. The maximum atomic E-state index is 12.8. The molecule has 0 saturated heterocycles. The highest BCUT2D eigenvalue weighted by molar-refractivity contribution is 7.21. The SMILES string of the molecule is Cc1ccc2nc(-c3ccc(NC(=O)c4ccc(-c5cc6ccccc6oc5=O)cc4)cc3)sc2c1. The standard InChI is InChI=1S/C30H20N2O3S/c1-18-6-15-25-27(16-18)36-29(32-25)21-11-13-23(14-12-21)31-28(33)20-9-7-19(8-10-20)24-17-22-4-2-3-5-26(22)35-30(24)34/h2-17H,1H3,(H,31,33). The second-order valence-electron chi connectivity index (χ2n) is 8.58. The molecule has 0 aliphatic carbocycles. The van der Waals surface area contributed by atoms with Crippen LogP contribution in [0.15, 0.2) is 106 Å². The van der Waals surface area contributed by atoms with Crippen molar-refractivity contribution in [2.24, 2.45) is 0 Å². The van der Waals surface area contributed by atoms with Gasteiger partial charge in [-0.05, 0) is 78.7 Å². The van der Waals surface area contributed by atoms with E-state index in [2.05, 4.69) is 24.4 Å². The quantitative estimate of drug-likeness (QED) is 0.264. The molecule has 0 spiro atoms. The van der Waals surface area contributed by atoms with Gasteiger partial charge in [0.05, 0.1) is 15.8 Å². The summed E-state index contributed by atoms with van der Waals surface area (Å²) >= 11 is 1.65. The van der Waals surface area contributed by atoms with Crippen molar-refractivity contribution in [2.45, 2.75) is 6.92 Å². The van der Waals surface area contributed by atoms with E-state index in [-0.39, 0.29) is 5.91 Å². The molecule has 4 aromatic carbocycles. The fraction of sp³-hybridized carbons (Fsp3) is 0.0333. The fourth-order valence-corrected chi connectivity index (χ4v) is 5.19. The monoisotopic (exact) mass is 488 g/mol. The van der Waals surface area contributed by atoms with Gasteiger partial charge in [-0.3, -0.25) is 4.79 Å². The molecule has 0 aliphatic heterocycles. The Bertz CT molecular complexity index is 1800. The number of carbonyl (C=O) groups is 1. The van der Waals surface area contributed by atoms with Gasteiger partial charge in [-0.1, -0.05) is 36.4 Å². The summed E-state index contributed by atoms with van der Waals surface area (Å²) in [5.74, 6) is -0.227. The molecule has 0 fully saturated rings. The van der Waals surface area contributed by atoms with Crippen molar-refractivity contribution in [2.75, 3.05) is 5.32 Å². The zero-order chi connectivity index (χ0) is 24.6. The maximum Gasteiger partial charge on any atom is 0.344 e. The summed E-state index contributed by atoms with van der Waals surface area (Å²) in [5, 5.41) is 4.72. The van der Waals surface area contributed by atoms with Crippen molar-refractivity contribution in [3.05, 3.63) is 119 Å². The summed E-state index contributed by atoms with van der Waals surface area (Å²) in [6.45, 7) is 2.07. The van der Waals surface area contributed by atoms with Gasteiger partial charge in [0.15, 0.2) is 0 Å². The Morgan fingerprint density at radius 3 is 2.42 bits per heavy atom. The van der Waals surface area contributed by atoms with E-state index < -0.39 is 5.63 Å². The number of fused-ring (bicyclic) bond motifs is 2. The number of rotatable bonds is 4.